The van der Waals surface area contributed by atoms with E-state index in [4.69, 9.17) is 0 Å². The topological polar surface area (TPSA) is 91.4 Å². The molecule has 2 heterocycles. The summed E-state index contributed by atoms with van der Waals surface area (Å²) in [6.45, 7) is 0.637. The largest absolute Gasteiger partial charge is 0.416 e. The van der Waals surface area contributed by atoms with Crippen LogP contribution in [0, 0.1) is 5.92 Å². The highest BCUT2D eigenvalue weighted by atomic mass is 19.4. The van der Waals surface area contributed by atoms with Gasteiger partial charge in [0.1, 0.15) is 0 Å². The van der Waals surface area contributed by atoms with Crippen LogP contribution in [0.1, 0.15) is 39.1 Å². The normalized spacial score (nSPS) is 14.2. The van der Waals surface area contributed by atoms with Crippen molar-refractivity contribution in [3.8, 4) is 0 Å². The molecule has 0 radical (unpaired) electrons. The maximum Gasteiger partial charge on any atom is 0.416 e. The minimum Gasteiger partial charge on any atom is -0.339 e. The summed E-state index contributed by atoms with van der Waals surface area (Å²) >= 11 is 0. The van der Waals surface area contributed by atoms with Crippen molar-refractivity contribution >= 4 is 29.1 Å². The van der Waals surface area contributed by atoms with Gasteiger partial charge < -0.3 is 15.5 Å². The molecule has 0 bridgehead atoms. The lowest BCUT2D eigenvalue weighted by Crippen LogP contribution is -2.41. The van der Waals surface area contributed by atoms with Gasteiger partial charge in [-0.3, -0.25) is 19.4 Å². The number of benzene rings is 2. The number of alkyl halides is 3. The van der Waals surface area contributed by atoms with Crippen molar-refractivity contribution < 1.29 is 27.6 Å². The second kappa shape index (κ2) is 10.6. The molecule has 2 N–H and O–H groups in total. The van der Waals surface area contributed by atoms with E-state index in [1.54, 1.807) is 47.5 Å². The number of halogens is 3. The summed E-state index contributed by atoms with van der Waals surface area (Å²) in [5.74, 6) is -1.21. The number of amides is 3. The Hall–Kier alpha value is -4.21. The third-order valence-electron chi connectivity index (χ3n) is 5.92. The van der Waals surface area contributed by atoms with Crippen LogP contribution >= 0.6 is 0 Å². The second-order valence-corrected chi connectivity index (χ2v) is 8.41. The van der Waals surface area contributed by atoms with Crippen LogP contribution in [0.15, 0.2) is 73.1 Å². The van der Waals surface area contributed by atoms with Crippen LogP contribution in [0.4, 0.5) is 24.5 Å². The molecule has 1 fully saturated rings. The maximum absolute atomic E-state index is 12.8. The van der Waals surface area contributed by atoms with Crippen molar-refractivity contribution in [3.63, 3.8) is 0 Å². The van der Waals surface area contributed by atoms with Crippen LogP contribution in [0.3, 0.4) is 0 Å². The molecule has 36 heavy (non-hydrogen) atoms. The van der Waals surface area contributed by atoms with E-state index in [9.17, 15) is 27.6 Å². The molecule has 4 rings (SSSR count). The lowest BCUT2D eigenvalue weighted by atomic mass is 9.95. The van der Waals surface area contributed by atoms with E-state index in [1.807, 2.05) is 0 Å². The number of carbonyl (C=O) groups excluding carboxylic acids is 3. The van der Waals surface area contributed by atoms with Gasteiger partial charge in [0.05, 0.1) is 11.1 Å². The first kappa shape index (κ1) is 24.9. The molecule has 10 heteroatoms. The van der Waals surface area contributed by atoms with Crippen LogP contribution in [0.5, 0.6) is 0 Å². The zero-order valence-corrected chi connectivity index (χ0v) is 19.1. The first-order valence-electron chi connectivity index (χ1n) is 11.3. The third kappa shape index (κ3) is 6.07. The zero-order chi connectivity index (χ0) is 25.7. The Balaban J connectivity index is 1.30. The quantitative estimate of drug-likeness (QED) is 0.529. The molecule has 3 aromatic rings. The van der Waals surface area contributed by atoms with Gasteiger partial charge in [0.2, 0.25) is 5.91 Å². The lowest BCUT2D eigenvalue weighted by Gasteiger charge is -2.31. The van der Waals surface area contributed by atoms with Gasteiger partial charge in [-0.1, -0.05) is 6.07 Å². The Morgan fingerprint density at radius 3 is 2.14 bits per heavy atom. The van der Waals surface area contributed by atoms with Gasteiger partial charge in [-0.05, 0) is 67.4 Å². The van der Waals surface area contributed by atoms with Gasteiger partial charge in [0.25, 0.3) is 11.8 Å². The molecule has 0 unspecified atom stereocenters. The van der Waals surface area contributed by atoms with E-state index in [-0.39, 0.29) is 29.2 Å². The van der Waals surface area contributed by atoms with E-state index >= 15 is 0 Å². The van der Waals surface area contributed by atoms with E-state index in [0.717, 1.165) is 12.1 Å². The standard InChI is InChI=1S/C26H23F3N4O3/c27-26(28,29)20-8-6-18(7-9-20)25(36)33-13-10-17(11-14-33)23(34)31-21-4-1-5-22(15-21)32-24(35)19-3-2-12-30-16-19/h1-9,12,15-17H,10-11,13-14H2,(H,31,34)(H,32,35). The average Bonchev–Trinajstić information content (AvgIpc) is 2.88. The number of pyridine rings is 1. The fourth-order valence-corrected chi connectivity index (χ4v) is 3.95. The molecule has 0 aliphatic carbocycles. The van der Waals surface area contributed by atoms with Crippen LogP contribution in [0.25, 0.3) is 0 Å². The Morgan fingerprint density at radius 2 is 1.53 bits per heavy atom. The number of carbonyl (C=O) groups is 3. The molecule has 0 spiro atoms. The molecule has 1 saturated heterocycles. The summed E-state index contributed by atoms with van der Waals surface area (Å²) in [4.78, 5) is 43.2. The predicted octanol–water partition coefficient (Wildman–Crippen LogP) is 4.84. The van der Waals surface area contributed by atoms with E-state index in [1.165, 1.54) is 18.3 Å². The van der Waals surface area contributed by atoms with Gasteiger partial charge in [-0.15, -0.1) is 0 Å². The van der Waals surface area contributed by atoms with Gasteiger partial charge in [0, 0.05) is 48.3 Å². The van der Waals surface area contributed by atoms with Crippen LogP contribution in [-0.4, -0.2) is 40.7 Å². The smallest absolute Gasteiger partial charge is 0.339 e. The molecule has 7 nitrogen and oxygen atoms in total. The number of hydrogen-bond donors (Lipinski definition) is 2. The Morgan fingerprint density at radius 1 is 0.861 bits per heavy atom. The molecule has 1 aromatic heterocycles. The molecule has 3 amide bonds. The van der Waals surface area contributed by atoms with Crippen molar-refractivity contribution in [1.82, 2.24) is 9.88 Å². The van der Waals surface area contributed by atoms with E-state index in [0.29, 0.717) is 42.9 Å². The molecule has 1 aliphatic rings. The summed E-state index contributed by atoms with van der Waals surface area (Å²) in [6, 6.07) is 14.2. The number of aromatic nitrogens is 1. The fraction of sp³-hybridized carbons (Fsp3) is 0.231. The predicted molar refractivity (Wildman–Crippen MR) is 127 cm³/mol. The van der Waals surface area contributed by atoms with Crippen LogP contribution in [0.2, 0.25) is 0 Å². The van der Waals surface area contributed by atoms with Gasteiger partial charge >= 0.3 is 6.18 Å². The van der Waals surface area contributed by atoms with Gasteiger partial charge in [-0.25, -0.2) is 0 Å². The monoisotopic (exact) mass is 496 g/mol. The molecule has 0 saturated carbocycles. The van der Waals surface area contributed by atoms with E-state index in [2.05, 4.69) is 15.6 Å². The Labute approximate surface area is 205 Å². The average molecular weight is 496 g/mol. The second-order valence-electron chi connectivity index (χ2n) is 8.41. The molecule has 1 aliphatic heterocycles. The first-order chi connectivity index (χ1) is 17.2. The van der Waals surface area contributed by atoms with Gasteiger partial charge in [0.15, 0.2) is 0 Å². The third-order valence-corrected chi connectivity index (χ3v) is 5.92. The molecule has 2 aromatic carbocycles. The number of anilines is 2. The van der Waals surface area contributed by atoms with Crippen molar-refractivity contribution in [2.45, 2.75) is 19.0 Å². The number of likely N-dealkylation sites (tertiary alicyclic amines) is 1. The van der Waals surface area contributed by atoms with Gasteiger partial charge in [-0.2, -0.15) is 13.2 Å². The highest BCUT2D eigenvalue weighted by molar-refractivity contribution is 6.04. The molecular weight excluding hydrogens is 473 g/mol. The van der Waals surface area contributed by atoms with Crippen molar-refractivity contribution in [3.05, 3.63) is 89.7 Å². The fourth-order valence-electron chi connectivity index (χ4n) is 3.95. The number of rotatable bonds is 5. The molecular formula is C26H23F3N4O3. The maximum atomic E-state index is 12.8. The summed E-state index contributed by atoms with van der Waals surface area (Å²) in [7, 11) is 0. The summed E-state index contributed by atoms with van der Waals surface area (Å²) in [5.41, 5.74) is 0.807. The molecule has 186 valence electrons. The summed E-state index contributed by atoms with van der Waals surface area (Å²) in [6.07, 6.45) is -0.583. The Kier molecular flexibility index (Phi) is 7.33. The van der Waals surface area contributed by atoms with E-state index < -0.39 is 11.7 Å². The van der Waals surface area contributed by atoms with Crippen molar-refractivity contribution in [1.29, 1.82) is 0 Å². The number of piperidine rings is 1. The number of nitrogens with one attached hydrogen (secondary N) is 2. The minimum atomic E-state index is -4.46. The SMILES string of the molecule is O=C(Nc1cccc(NC(=O)C2CCN(C(=O)c3ccc(C(F)(F)F)cc3)CC2)c1)c1cccnc1. The lowest BCUT2D eigenvalue weighted by molar-refractivity contribution is -0.137. The van der Waals surface area contributed by atoms with Crippen molar-refractivity contribution in [2.24, 2.45) is 5.92 Å². The summed E-state index contributed by atoms with van der Waals surface area (Å²) in [5, 5.41) is 5.61. The summed E-state index contributed by atoms with van der Waals surface area (Å²) < 4.78 is 38.2. The highest BCUT2D eigenvalue weighted by Crippen LogP contribution is 2.29. The minimum absolute atomic E-state index is 0.177. The number of hydrogen-bond acceptors (Lipinski definition) is 4. The first-order valence-corrected chi connectivity index (χ1v) is 11.3. The van der Waals surface area contributed by atoms with Crippen molar-refractivity contribution in [2.75, 3.05) is 23.7 Å². The Bertz CT molecular complexity index is 1240. The highest BCUT2D eigenvalue weighted by Gasteiger charge is 2.31. The van der Waals surface area contributed by atoms with Crippen LogP contribution in [-0.2, 0) is 11.0 Å². The number of nitrogens with zero attached hydrogens (tertiary/aromatic N) is 2. The molecule has 0 atom stereocenters. The van der Waals surface area contributed by atoms with Crippen LogP contribution < -0.4 is 10.6 Å². The zero-order valence-electron chi connectivity index (χ0n) is 19.1.